The fraction of sp³-hybridized carbons (Fsp3) is 0.421. The number of nitrogens with one attached hydrogen (secondary N) is 1. The number of fused-ring (bicyclic) bond motifs is 1. The van der Waals surface area contributed by atoms with Crippen molar-refractivity contribution in [3.8, 4) is 0 Å². The summed E-state index contributed by atoms with van der Waals surface area (Å²) in [4.78, 5) is 23.5. The van der Waals surface area contributed by atoms with Crippen LogP contribution in [0.4, 0.5) is 5.95 Å². The first-order valence-electron chi connectivity index (χ1n) is 8.62. The number of carbonyl (C=O) groups is 1. The van der Waals surface area contributed by atoms with E-state index in [-0.39, 0.29) is 5.91 Å². The van der Waals surface area contributed by atoms with E-state index in [0.29, 0.717) is 31.3 Å². The molecule has 6 nitrogen and oxygen atoms in total. The van der Waals surface area contributed by atoms with Crippen LogP contribution in [0.25, 0.3) is 0 Å². The van der Waals surface area contributed by atoms with Gasteiger partial charge in [-0.15, -0.1) is 0 Å². The van der Waals surface area contributed by atoms with Crippen molar-refractivity contribution in [1.82, 2.24) is 14.9 Å². The smallest absolute Gasteiger partial charge is 0.272 e. The Morgan fingerprint density at radius 1 is 1.28 bits per heavy atom. The highest BCUT2D eigenvalue weighted by Crippen LogP contribution is 2.20. The van der Waals surface area contributed by atoms with E-state index in [1.165, 1.54) is 11.1 Å². The van der Waals surface area contributed by atoms with Crippen LogP contribution in [0.1, 0.15) is 33.7 Å². The zero-order chi connectivity index (χ0) is 17.6. The first-order chi connectivity index (χ1) is 12.2. The van der Waals surface area contributed by atoms with Crippen molar-refractivity contribution < 1.29 is 9.53 Å². The van der Waals surface area contributed by atoms with Gasteiger partial charge in [0.1, 0.15) is 5.69 Å². The van der Waals surface area contributed by atoms with Gasteiger partial charge in [0.15, 0.2) is 0 Å². The Morgan fingerprint density at radius 2 is 2.08 bits per heavy atom. The third-order valence-electron chi connectivity index (χ3n) is 4.30. The fourth-order valence-electron chi connectivity index (χ4n) is 3.00. The normalized spacial score (nSPS) is 13.4. The molecule has 0 unspecified atom stereocenters. The van der Waals surface area contributed by atoms with Crippen LogP contribution in [0, 0.1) is 6.92 Å². The molecule has 1 aromatic carbocycles. The third kappa shape index (κ3) is 4.33. The number of aromatic nitrogens is 2. The van der Waals surface area contributed by atoms with Crippen LogP contribution in [0.3, 0.4) is 0 Å². The Bertz CT molecular complexity index is 748. The van der Waals surface area contributed by atoms with Gasteiger partial charge in [0.25, 0.3) is 5.91 Å². The summed E-state index contributed by atoms with van der Waals surface area (Å²) >= 11 is 0. The molecule has 132 valence electrons. The average Bonchev–Trinajstić information content (AvgIpc) is 2.64. The van der Waals surface area contributed by atoms with Crippen LogP contribution in [-0.4, -0.2) is 47.6 Å². The maximum absolute atomic E-state index is 12.9. The van der Waals surface area contributed by atoms with Crippen molar-refractivity contribution in [1.29, 1.82) is 0 Å². The van der Waals surface area contributed by atoms with Gasteiger partial charge in [0, 0.05) is 39.0 Å². The summed E-state index contributed by atoms with van der Waals surface area (Å²) in [5, 5.41) is 3.16. The molecule has 1 aliphatic rings. The van der Waals surface area contributed by atoms with Gasteiger partial charge in [-0.3, -0.25) is 4.79 Å². The van der Waals surface area contributed by atoms with E-state index in [2.05, 4.69) is 27.4 Å². The summed E-state index contributed by atoms with van der Waals surface area (Å²) in [6.07, 6.45) is 1.74. The van der Waals surface area contributed by atoms with Gasteiger partial charge >= 0.3 is 0 Å². The predicted octanol–water partition coefficient (Wildman–Crippen LogP) is 2.43. The van der Waals surface area contributed by atoms with Crippen molar-refractivity contribution in [2.45, 2.75) is 26.3 Å². The number of carbonyl (C=O) groups excluding carboxylic acids is 1. The molecular formula is C19H24N4O2. The van der Waals surface area contributed by atoms with Gasteiger partial charge in [-0.25, -0.2) is 9.97 Å². The minimum atomic E-state index is -0.0417. The van der Waals surface area contributed by atoms with Gasteiger partial charge in [-0.1, -0.05) is 24.3 Å². The van der Waals surface area contributed by atoms with Crippen LogP contribution in [0.2, 0.25) is 0 Å². The molecule has 6 heteroatoms. The van der Waals surface area contributed by atoms with E-state index in [0.717, 1.165) is 25.1 Å². The minimum Gasteiger partial charge on any atom is -0.385 e. The molecule has 0 aliphatic carbocycles. The number of anilines is 1. The summed E-state index contributed by atoms with van der Waals surface area (Å²) in [5.41, 5.74) is 3.77. The predicted molar refractivity (Wildman–Crippen MR) is 96.6 cm³/mol. The molecule has 25 heavy (non-hydrogen) atoms. The van der Waals surface area contributed by atoms with Crippen molar-refractivity contribution >= 4 is 11.9 Å². The summed E-state index contributed by atoms with van der Waals surface area (Å²) in [5.74, 6) is 0.455. The van der Waals surface area contributed by atoms with E-state index in [4.69, 9.17) is 4.74 Å². The average molecular weight is 340 g/mol. The van der Waals surface area contributed by atoms with Crippen molar-refractivity contribution in [3.05, 3.63) is 52.8 Å². The van der Waals surface area contributed by atoms with E-state index < -0.39 is 0 Å². The highest BCUT2D eigenvalue weighted by atomic mass is 16.5. The van der Waals surface area contributed by atoms with Crippen molar-refractivity contribution in [2.24, 2.45) is 0 Å². The van der Waals surface area contributed by atoms with Gasteiger partial charge in [0.2, 0.25) is 5.95 Å². The second kappa shape index (κ2) is 8.07. The lowest BCUT2D eigenvalue weighted by Gasteiger charge is -2.28. The first kappa shape index (κ1) is 17.4. The number of hydrogen-bond donors (Lipinski definition) is 1. The Morgan fingerprint density at radius 3 is 2.88 bits per heavy atom. The van der Waals surface area contributed by atoms with Crippen LogP contribution < -0.4 is 5.32 Å². The molecule has 1 aliphatic heterocycles. The summed E-state index contributed by atoms with van der Waals surface area (Å²) in [6.45, 7) is 4.62. The largest absolute Gasteiger partial charge is 0.385 e. The molecule has 0 saturated heterocycles. The quantitative estimate of drug-likeness (QED) is 0.818. The number of hydrogen-bond acceptors (Lipinski definition) is 5. The molecule has 1 aromatic heterocycles. The number of rotatable bonds is 6. The molecule has 2 heterocycles. The number of ether oxygens (including phenoxy) is 1. The summed E-state index contributed by atoms with van der Waals surface area (Å²) in [6, 6.07) is 10.0. The highest BCUT2D eigenvalue weighted by Gasteiger charge is 2.23. The second-order valence-corrected chi connectivity index (χ2v) is 6.24. The SMILES string of the molecule is COCCCNc1nc(C)cc(C(=O)N2CCc3ccccc3C2)n1. The van der Waals surface area contributed by atoms with Gasteiger partial charge < -0.3 is 15.0 Å². The Hall–Kier alpha value is -2.47. The molecule has 1 amide bonds. The van der Waals surface area contributed by atoms with Crippen LogP contribution >= 0.6 is 0 Å². The Balaban J connectivity index is 1.71. The monoisotopic (exact) mass is 340 g/mol. The highest BCUT2D eigenvalue weighted by molar-refractivity contribution is 5.92. The topological polar surface area (TPSA) is 67.3 Å². The van der Waals surface area contributed by atoms with Crippen molar-refractivity contribution in [3.63, 3.8) is 0 Å². The molecule has 1 N–H and O–H groups in total. The lowest BCUT2D eigenvalue weighted by atomic mass is 10.00. The van der Waals surface area contributed by atoms with E-state index in [1.54, 1.807) is 13.2 Å². The number of benzene rings is 1. The van der Waals surface area contributed by atoms with Crippen LogP contribution in [0.5, 0.6) is 0 Å². The number of nitrogens with zero attached hydrogens (tertiary/aromatic N) is 3. The Kier molecular flexibility index (Phi) is 5.60. The van der Waals surface area contributed by atoms with E-state index >= 15 is 0 Å². The second-order valence-electron chi connectivity index (χ2n) is 6.24. The maximum Gasteiger partial charge on any atom is 0.272 e. The van der Waals surface area contributed by atoms with Crippen LogP contribution in [-0.2, 0) is 17.7 Å². The summed E-state index contributed by atoms with van der Waals surface area (Å²) < 4.78 is 5.03. The Labute approximate surface area is 148 Å². The standard InChI is InChI=1S/C19H24N4O2/c1-14-12-17(22-19(21-14)20-9-5-11-25-2)18(24)23-10-8-15-6-3-4-7-16(15)13-23/h3-4,6-7,12H,5,8-11,13H2,1-2H3,(H,20,21,22). The zero-order valence-corrected chi connectivity index (χ0v) is 14.8. The third-order valence-corrected chi connectivity index (χ3v) is 4.30. The molecule has 0 fully saturated rings. The molecule has 0 saturated carbocycles. The minimum absolute atomic E-state index is 0.0417. The number of methoxy groups -OCH3 is 1. The number of amides is 1. The first-order valence-corrected chi connectivity index (χ1v) is 8.62. The summed E-state index contributed by atoms with van der Waals surface area (Å²) in [7, 11) is 1.68. The molecular weight excluding hydrogens is 316 g/mol. The molecule has 3 rings (SSSR count). The molecule has 0 spiro atoms. The van der Waals surface area contributed by atoms with Gasteiger partial charge in [-0.05, 0) is 37.0 Å². The van der Waals surface area contributed by atoms with Gasteiger partial charge in [-0.2, -0.15) is 0 Å². The fourth-order valence-corrected chi connectivity index (χ4v) is 3.00. The molecule has 2 aromatic rings. The zero-order valence-electron chi connectivity index (χ0n) is 14.8. The lowest BCUT2D eigenvalue weighted by molar-refractivity contribution is 0.0728. The number of aryl methyl sites for hydroxylation is 1. The maximum atomic E-state index is 12.9. The van der Waals surface area contributed by atoms with E-state index in [9.17, 15) is 4.79 Å². The molecule has 0 radical (unpaired) electrons. The lowest BCUT2D eigenvalue weighted by Crippen LogP contribution is -2.36. The van der Waals surface area contributed by atoms with Crippen molar-refractivity contribution in [2.75, 3.05) is 32.1 Å². The van der Waals surface area contributed by atoms with Crippen LogP contribution in [0.15, 0.2) is 30.3 Å². The molecule has 0 atom stereocenters. The van der Waals surface area contributed by atoms with E-state index in [1.807, 2.05) is 24.0 Å². The molecule has 0 bridgehead atoms. The van der Waals surface area contributed by atoms with Gasteiger partial charge in [0.05, 0.1) is 0 Å².